The van der Waals surface area contributed by atoms with Crippen LogP contribution in [0.5, 0.6) is 0 Å². The summed E-state index contributed by atoms with van der Waals surface area (Å²) in [6.07, 6.45) is 4.95. The molecule has 0 spiro atoms. The number of thiazole rings is 1. The summed E-state index contributed by atoms with van der Waals surface area (Å²) in [5, 5.41) is 13.4. The van der Waals surface area contributed by atoms with E-state index >= 15 is 0 Å². The first kappa shape index (κ1) is 27.9. The minimum atomic E-state index is -2.16. The van der Waals surface area contributed by atoms with E-state index < -0.39 is 15.3 Å². The molecular weight excluding hydrogens is 558 g/mol. The number of nitrogens with zero attached hydrogens (tertiary/aromatic N) is 4. The molecule has 2 saturated carbocycles. The maximum absolute atomic E-state index is 13.8. The van der Waals surface area contributed by atoms with E-state index in [0.29, 0.717) is 37.4 Å². The average molecular weight is 592 g/mol. The first-order valence-electron chi connectivity index (χ1n) is 14.3. The van der Waals surface area contributed by atoms with E-state index in [-0.39, 0.29) is 23.6 Å². The highest BCUT2D eigenvalue weighted by Crippen LogP contribution is 2.48. The van der Waals surface area contributed by atoms with Crippen LogP contribution >= 0.6 is 11.3 Å². The molecule has 7 nitrogen and oxygen atoms in total. The molecule has 1 aliphatic heterocycles. The van der Waals surface area contributed by atoms with Crippen LogP contribution in [0, 0.1) is 23.1 Å². The summed E-state index contributed by atoms with van der Waals surface area (Å²) in [6.45, 7) is 1.30. The summed E-state index contributed by atoms with van der Waals surface area (Å²) in [5.41, 5.74) is 3.11. The number of para-hydroxylation sites is 1. The van der Waals surface area contributed by atoms with E-state index in [1.165, 1.54) is 12.1 Å². The Kier molecular flexibility index (Phi) is 7.60. The average Bonchev–Trinajstić information content (AvgIpc) is 3.64. The fraction of sp³-hybridized carbons (Fsp3) is 0.452. The first-order valence-corrected chi connectivity index (χ1v) is 17.0. The molecule has 1 N–H and O–H groups in total. The van der Waals surface area contributed by atoms with Crippen LogP contribution in [0.3, 0.4) is 0 Å². The summed E-state index contributed by atoms with van der Waals surface area (Å²) in [5.74, 6) is 0.338. The van der Waals surface area contributed by atoms with Gasteiger partial charge in [0.2, 0.25) is 5.91 Å². The lowest BCUT2D eigenvalue weighted by molar-refractivity contribution is -0.127. The van der Waals surface area contributed by atoms with Gasteiger partial charge in [0.15, 0.2) is 0 Å². The van der Waals surface area contributed by atoms with Gasteiger partial charge in [0.1, 0.15) is 16.4 Å². The fourth-order valence-electron chi connectivity index (χ4n) is 6.07. The molecule has 2 atom stereocenters. The number of carbonyl (C=O) groups excluding carboxylic acids is 1. The third kappa shape index (κ3) is 5.62. The topological polar surface area (TPSA) is 98.4 Å². The highest BCUT2D eigenvalue weighted by atomic mass is 32.2. The fourth-order valence-corrected chi connectivity index (χ4v) is 8.82. The van der Waals surface area contributed by atoms with Crippen LogP contribution in [-0.4, -0.2) is 52.3 Å². The summed E-state index contributed by atoms with van der Waals surface area (Å²) < 4.78 is 30.8. The first-order chi connectivity index (χ1) is 19.8. The number of anilines is 1. The number of carbonyl (C=O) groups is 1. The van der Waals surface area contributed by atoms with Gasteiger partial charge >= 0.3 is 0 Å². The van der Waals surface area contributed by atoms with Crippen molar-refractivity contribution in [3.05, 3.63) is 60.0 Å². The predicted octanol–water partition coefficient (Wildman–Crippen LogP) is 5.98. The van der Waals surface area contributed by atoms with Crippen LogP contribution in [0.25, 0.3) is 21.0 Å². The van der Waals surface area contributed by atoms with E-state index in [4.69, 9.17) is 4.98 Å². The molecule has 2 heterocycles. The molecular formula is C31H34FN5O2S2. The number of hydrogen-bond acceptors (Lipinski definition) is 7. The van der Waals surface area contributed by atoms with Crippen LogP contribution in [-0.2, 0) is 14.5 Å². The molecule has 1 aromatic heterocycles. The Bertz CT molecular complexity index is 1600. The van der Waals surface area contributed by atoms with Gasteiger partial charge in [0.25, 0.3) is 0 Å². The molecule has 1 saturated heterocycles. The molecule has 0 unspecified atom stereocenters. The van der Waals surface area contributed by atoms with Crippen molar-refractivity contribution in [3.8, 4) is 27.1 Å². The van der Waals surface area contributed by atoms with Gasteiger partial charge in [-0.1, -0.05) is 31.0 Å². The lowest BCUT2D eigenvalue weighted by Crippen LogP contribution is -2.42. The van der Waals surface area contributed by atoms with E-state index in [1.807, 2.05) is 12.1 Å². The molecule has 2 aliphatic carbocycles. The van der Waals surface area contributed by atoms with Gasteiger partial charge in [-0.15, -0.1) is 11.3 Å². The van der Waals surface area contributed by atoms with E-state index in [9.17, 15) is 18.7 Å². The second-order valence-corrected chi connectivity index (χ2v) is 15.0. The molecule has 0 radical (unpaired) electrons. The molecule has 10 heteroatoms. The highest BCUT2D eigenvalue weighted by molar-refractivity contribution is 7.93. The monoisotopic (exact) mass is 591 g/mol. The van der Waals surface area contributed by atoms with Crippen molar-refractivity contribution in [2.45, 2.75) is 50.0 Å². The zero-order valence-electron chi connectivity index (χ0n) is 23.1. The third-order valence-corrected chi connectivity index (χ3v) is 12.2. The Morgan fingerprint density at radius 2 is 1.85 bits per heavy atom. The maximum Gasteiger partial charge on any atom is 0.225 e. The molecule has 41 heavy (non-hydrogen) atoms. The number of nitrogens with one attached hydrogen (secondary N) is 1. The zero-order chi connectivity index (χ0) is 28.6. The Balaban J connectivity index is 1.42. The standard InChI is InChI=1S/C31H34FN5O2S2/c1-34-41(39)18-16-37(17-19-41)26-9-5-4-8-25(26)28-27(35-30(40-28)21-10-12-22(32)13-11-21)23-6-2-3-7-24(23)29(38)36-31(20-33)14-15-31/h4-5,8-13,23-24H,2-3,6-7,14-19H2,1H3,(H,36,38)/t23-,24-/m1/s1. The minimum absolute atomic E-state index is 0.0570. The molecule has 3 aromatic rings. The van der Waals surface area contributed by atoms with E-state index in [0.717, 1.165) is 58.1 Å². The van der Waals surface area contributed by atoms with Crippen LogP contribution in [0.4, 0.5) is 10.1 Å². The Hall–Kier alpha value is -3.29. The van der Waals surface area contributed by atoms with E-state index in [1.54, 1.807) is 30.5 Å². The summed E-state index contributed by atoms with van der Waals surface area (Å²) in [4.78, 5) is 22.0. The third-order valence-electron chi connectivity index (χ3n) is 8.71. The van der Waals surface area contributed by atoms with E-state index in [2.05, 4.69) is 32.8 Å². The van der Waals surface area contributed by atoms with Crippen molar-refractivity contribution in [2.24, 2.45) is 10.3 Å². The van der Waals surface area contributed by atoms with Crippen LogP contribution in [0.2, 0.25) is 0 Å². The SMILES string of the molecule is CN=S1(=O)CCN(c2ccccc2-c2sc(-c3ccc(F)cc3)nc2[C@@H]2CCCC[C@H]2C(=O)NC2(C#N)CC2)CC1. The Morgan fingerprint density at radius 3 is 2.54 bits per heavy atom. The van der Waals surface area contributed by atoms with Crippen molar-refractivity contribution < 1.29 is 13.4 Å². The molecule has 3 fully saturated rings. The largest absolute Gasteiger partial charge is 0.369 e. The van der Waals surface area contributed by atoms with Crippen molar-refractivity contribution in [2.75, 3.05) is 36.5 Å². The Labute approximate surface area is 245 Å². The minimum Gasteiger partial charge on any atom is -0.369 e. The van der Waals surface area contributed by atoms with Crippen molar-refractivity contribution >= 4 is 32.7 Å². The van der Waals surface area contributed by atoms with Crippen molar-refractivity contribution in [3.63, 3.8) is 0 Å². The zero-order valence-corrected chi connectivity index (χ0v) is 24.8. The summed E-state index contributed by atoms with van der Waals surface area (Å²) in [7, 11) is -0.517. The van der Waals surface area contributed by atoms with Crippen LogP contribution < -0.4 is 10.2 Å². The second kappa shape index (κ2) is 11.2. The number of hydrogen-bond donors (Lipinski definition) is 1. The number of nitriles is 1. The molecule has 1 amide bonds. The van der Waals surface area contributed by atoms with Gasteiger partial charge in [-0.2, -0.15) is 5.26 Å². The summed E-state index contributed by atoms with van der Waals surface area (Å²) >= 11 is 1.57. The summed E-state index contributed by atoms with van der Waals surface area (Å²) in [6, 6.07) is 16.9. The van der Waals surface area contributed by atoms with Crippen molar-refractivity contribution in [1.82, 2.24) is 10.3 Å². The predicted molar refractivity (Wildman–Crippen MR) is 162 cm³/mol. The second-order valence-electron chi connectivity index (χ2n) is 11.3. The normalized spacial score (nSPS) is 22.9. The number of amides is 1. The Morgan fingerprint density at radius 1 is 1.15 bits per heavy atom. The molecule has 0 bridgehead atoms. The molecule has 214 valence electrons. The molecule has 6 rings (SSSR count). The van der Waals surface area contributed by atoms with Gasteiger partial charge in [0, 0.05) is 70.0 Å². The number of benzene rings is 2. The van der Waals surface area contributed by atoms with Gasteiger partial charge in [-0.05, 0) is 56.0 Å². The van der Waals surface area contributed by atoms with Gasteiger partial charge in [-0.3, -0.25) is 4.79 Å². The molecule has 2 aromatic carbocycles. The maximum atomic E-state index is 13.8. The van der Waals surface area contributed by atoms with Crippen LogP contribution in [0.15, 0.2) is 52.9 Å². The smallest absolute Gasteiger partial charge is 0.225 e. The number of halogens is 1. The quantitative estimate of drug-likeness (QED) is 0.380. The van der Waals surface area contributed by atoms with Gasteiger partial charge < -0.3 is 10.2 Å². The van der Waals surface area contributed by atoms with Gasteiger partial charge in [-0.25, -0.2) is 17.9 Å². The lowest BCUT2D eigenvalue weighted by atomic mass is 9.76. The lowest BCUT2D eigenvalue weighted by Gasteiger charge is -2.33. The molecule has 3 aliphatic rings. The highest BCUT2D eigenvalue weighted by Gasteiger charge is 2.47. The number of aromatic nitrogens is 1. The van der Waals surface area contributed by atoms with Crippen molar-refractivity contribution in [1.29, 1.82) is 5.26 Å². The van der Waals surface area contributed by atoms with Gasteiger partial charge in [0.05, 0.1) is 16.6 Å². The number of rotatable bonds is 6. The van der Waals surface area contributed by atoms with Crippen LogP contribution in [0.1, 0.15) is 50.1 Å².